The number of allylic oxidation sites excluding steroid dienone is 2. The molecule has 0 aliphatic carbocycles. The van der Waals surface area contributed by atoms with Crippen LogP contribution in [0.3, 0.4) is 0 Å². The van der Waals surface area contributed by atoms with E-state index in [9.17, 15) is 9.59 Å². The highest BCUT2D eigenvalue weighted by atomic mass is 127. The fourth-order valence-corrected chi connectivity index (χ4v) is 5.69. The number of hydrogen-bond acceptors (Lipinski definition) is 5. The Morgan fingerprint density at radius 3 is 2.59 bits per heavy atom. The number of halogens is 1. The molecule has 1 aromatic rings. The number of hydrogen-bond donors (Lipinski definition) is 0. The van der Waals surface area contributed by atoms with E-state index in [1.165, 1.54) is 11.0 Å². The lowest BCUT2D eigenvalue weighted by Gasteiger charge is -2.44. The van der Waals surface area contributed by atoms with Crippen LogP contribution in [0, 0.1) is 6.92 Å². The predicted molar refractivity (Wildman–Crippen MR) is 159 cm³/mol. The molecule has 0 saturated heterocycles. The van der Waals surface area contributed by atoms with Gasteiger partial charge in [-0.15, -0.1) is 0 Å². The number of carbonyl (C=O) groups is 2. The summed E-state index contributed by atoms with van der Waals surface area (Å²) in [5, 5.41) is -0.117. The van der Waals surface area contributed by atoms with Crippen LogP contribution >= 0.6 is 22.6 Å². The van der Waals surface area contributed by atoms with Crippen molar-refractivity contribution in [3.05, 3.63) is 59.8 Å². The molecule has 1 aromatic carbocycles. The Kier molecular flexibility index (Phi) is 9.34. The number of anilines is 1. The summed E-state index contributed by atoms with van der Waals surface area (Å²) in [6.45, 7) is 18.9. The predicted octanol–water partition coefficient (Wildman–Crippen LogP) is 6.97. The van der Waals surface area contributed by atoms with Crippen molar-refractivity contribution in [1.29, 1.82) is 0 Å². The van der Waals surface area contributed by atoms with Crippen molar-refractivity contribution in [1.82, 2.24) is 4.90 Å². The number of ether oxygens (including phenoxy) is 2. The van der Waals surface area contributed by atoms with Gasteiger partial charge in [0, 0.05) is 16.7 Å². The summed E-state index contributed by atoms with van der Waals surface area (Å²) < 4.78 is 19.4. The van der Waals surface area contributed by atoms with Gasteiger partial charge in [-0.2, -0.15) is 0 Å². The lowest BCUT2D eigenvalue weighted by molar-refractivity contribution is 0.0589. The lowest BCUT2D eigenvalue weighted by atomic mass is 10.1. The number of nitrogens with zero attached hydrogens (tertiary/aromatic N) is 2. The molecular weight excluding hydrogens is 599 g/mol. The minimum Gasteiger partial charge on any atom is -0.492 e. The molecule has 2 aliphatic rings. The Hall–Kier alpha value is -2.11. The molecule has 0 N–H and O–H groups in total. The largest absolute Gasteiger partial charge is 0.492 e. The summed E-state index contributed by atoms with van der Waals surface area (Å²) >= 11 is 2.25. The molecule has 0 radical (unpaired) electrons. The highest BCUT2D eigenvalue weighted by Crippen LogP contribution is 2.44. The Balaban J connectivity index is 2.28. The quantitative estimate of drug-likeness (QED) is 0.133. The van der Waals surface area contributed by atoms with Crippen LogP contribution in [0.15, 0.2) is 48.7 Å². The van der Waals surface area contributed by atoms with Gasteiger partial charge in [-0.3, -0.25) is 4.79 Å². The SMILES string of the molecule is C=CCOC(=O)N1c2cc(OCCI)c(C)cc2C(=O)N2C=C(/C=C/C)C[C@H]2[C@@H]1O[Si](C)(C)C(C)(C)C. The molecule has 37 heavy (non-hydrogen) atoms. The topological polar surface area (TPSA) is 68.3 Å². The maximum atomic E-state index is 14.0. The maximum Gasteiger partial charge on any atom is 0.416 e. The molecule has 0 spiro atoms. The van der Waals surface area contributed by atoms with Crippen LogP contribution in [0.2, 0.25) is 18.1 Å². The Labute approximate surface area is 235 Å². The number of aryl methyl sites for hydroxylation is 1. The highest BCUT2D eigenvalue weighted by Gasteiger charge is 2.50. The third-order valence-electron chi connectivity index (χ3n) is 7.17. The first-order valence-electron chi connectivity index (χ1n) is 12.6. The van der Waals surface area contributed by atoms with Gasteiger partial charge < -0.3 is 18.8 Å². The summed E-state index contributed by atoms with van der Waals surface area (Å²) in [4.78, 5) is 31.0. The van der Waals surface area contributed by atoms with E-state index < -0.39 is 26.7 Å². The first-order chi connectivity index (χ1) is 17.4. The third-order valence-corrected chi connectivity index (χ3v) is 12.1. The molecule has 2 aliphatic heterocycles. The summed E-state index contributed by atoms with van der Waals surface area (Å²) in [5.41, 5.74) is 2.69. The van der Waals surface area contributed by atoms with Crippen molar-refractivity contribution >= 4 is 48.6 Å². The molecule has 9 heteroatoms. The van der Waals surface area contributed by atoms with Crippen LogP contribution in [-0.2, 0) is 9.16 Å². The second kappa shape index (κ2) is 11.7. The molecule has 202 valence electrons. The van der Waals surface area contributed by atoms with Gasteiger partial charge in [-0.1, -0.05) is 68.2 Å². The highest BCUT2D eigenvalue weighted by molar-refractivity contribution is 14.1. The zero-order valence-electron chi connectivity index (χ0n) is 23.0. The van der Waals surface area contributed by atoms with E-state index in [1.54, 1.807) is 17.0 Å². The third kappa shape index (κ3) is 6.14. The molecule has 2 amide bonds. The number of fused-ring (bicyclic) bond motifs is 2. The van der Waals surface area contributed by atoms with Crippen molar-refractivity contribution in [3.8, 4) is 5.75 Å². The van der Waals surface area contributed by atoms with E-state index in [0.717, 1.165) is 15.6 Å². The van der Waals surface area contributed by atoms with Crippen LogP contribution in [0.4, 0.5) is 10.5 Å². The van der Waals surface area contributed by atoms with Gasteiger partial charge in [0.05, 0.1) is 23.9 Å². The minimum atomic E-state index is -2.40. The van der Waals surface area contributed by atoms with Crippen molar-refractivity contribution in [2.75, 3.05) is 22.5 Å². The van der Waals surface area contributed by atoms with Gasteiger partial charge in [-0.25, -0.2) is 9.69 Å². The van der Waals surface area contributed by atoms with E-state index in [4.69, 9.17) is 13.9 Å². The summed E-state index contributed by atoms with van der Waals surface area (Å²) in [7, 11) is -2.40. The average molecular weight is 639 g/mol. The fourth-order valence-electron chi connectivity index (χ4n) is 4.25. The zero-order valence-corrected chi connectivity index (χ0v) is 26.1. The first kappa shape index (κ1) is 29.4. The van der Waals surface area contributed by atoms with E-state index >= 15 is 0 Å². The number of benzene rings is 1. The molecule has 0 fully saturated rings. The molecule has 0 saturated carbocycles. The van der Waals surface area contributed by atoms with Crippen molar-refractivity contribution in [2.45, 2.75) is 71.4 Å². The lowest BCUT2D eigenvalue weighted by Crippen LogP contribution is -2.57. The van der Waals surface area contributed by atoms with Gasteiger partial charge in [-0.05, 0) is 55.6 Å². The molecule has 2 heterocycles. The Morgan fingerprint density at radius 1 is 1.30 bits per heavy atom. The summed E-state index contributed by atoms with van der Waals surface area (Å²) in [5.74, 6) is 0.453. The fraction of sp³-hybridized carbons (Fsp3) is 0.500. The van der Waals surface area contributed by atoms with E-state index in [1.807, 2.05) is 32.2 Å². The first-order valence-corrected chi connectivity index (χ1v) is 17.0. The van der Waals surface area contributed by atoms with E-state index in [2.05, 4.69) is 63.0 Å². The minimum absolute atomic E-state index is 0.0476. The van der Waals surface area contributed by atoms with Crippen LogP contribution in [0.5, 0.6) is 5.75 Å². The van der Waals surface area contributed by atoms with Crippen LogP contribution in [0.1, 0.15) is 50.0 Å². The smallest absolute Gasteiger partial charge is 0.416 e. The van der Waals surface area contributed by atoms with Gasteiger partial charge >= 0.3 is 6.09 Å². The zero-order chi connectivity index (χ0) is 27.5. The van der Waals surface area contributed by atoms with Gasteiger partial charge in [0.2, 0.25) is 0 Å². The maximum absolute atomic E-state index is 14.0. The summed E-state index contributed by atoms with van der Waals surface area (Å²) in [6.07, 6.45) is 6.60. The van der Waals surface area contributed by atoms with Crippen LogP contribution < -0.4 is 9.64 Å². The second-order valence-corrected chi connectivity index (χ2v) is 16.7. The normalized spacial score (nSPS) is 19.9. The average Bonchev–Trinajstić information content (AvgIpc) is 3.21. The van der Waals surface area contributed by atoms with Gasteiger partial charge in [0.1, 0.15) is 12.4 Å². The van der Waals surface area contributed by atoms with E-state index in [-0.39, 0.29) is 17.6 Å². The van der Waals surface area contributed by atoms with Crippen LogP contribution in [-0.4, -0.2) is 55.1 Å². The monoisotopic (exact) mass is 638 g/mol. The molecule has 0 bridgehead atoms. The molecule has 2 atom stereocenters. The number of carbonyl (C=O) groups excluding carboxylic acids is 2. The number of amides is 2. The van der Waals surface area contributed by atoms with Crippen molar-refractivity contribution in [2.24, 2.45) is 0 Å². The molecule has 0 aromatic heterocycles. The number of alkyl halides is 1. The van der Waals surface area contributed by atoms with Gasteiger partial charge in [0.25, 0.3) is 5.91 Å². The number of rotatable bonds is 8. The van der Waals surface area contributed by atoms with Crippen molar-refractivity contribution in [3.63, 3.8) is 0 Å². The second-order valence-electron chi connectivity index (χ2n) is 10.9. The molecular formula is C28H39IN2O5Si. The van der Waals surface area contributed by atoms with Gasteiger partial charge in [0.15, 0.2) is 14.5 Å². The molecule has 0 unspecified atom stereocenters. The standard InChI is InChI=1S/C28H39IN2O5Si/c1-9-11-20-16-23-26(36-37(7,8)28(4,5)6)31(27(33)35-13-10-2)22-17-24(34-14-12-29)19(3)15-21(22)25(32)30(23)18-20/h9-11,15,17-18,23,26H,2,12-14,16H2,1,3-8H3/b11-9+/t23-,26-/m0/s1. The van der Waals surface area contributed by atoms with Crippen molar-refractivity contribution < 1.29 is 23.5 Å². The molecule has 3 rings (SSSR count). The Morgan fingerprint density at radius 2 is 2.00 bits per heavy atom. The Bertz CT molecular complexity index is 1110. The molecule has 7 nitrogen and oxygen atoms in total. The van der Waals surface area contributed by atoms with E-state index in [0.29, 0.717) is 30.0 Å². The van der Waals surface area contributed by atoms with Crippen LogP contribution in [0.25, 0.3) is 0 Å². The summed E-state index contributed by atoms with van der Waals surface area (Å²) in [6, 6.07) is 3.18.